The van der Waals surface area contributed by atoms with Gasteiger partial charge in [-0.3, -0.25) is 9.59 Å². The number of anilines is 1. The quantitative estimate of drug-likeness (QED) is 0.663. The van der Waals surface area contributed by atoms with Gasteiger partial charge in [0, 0.05) is 30.3 Å². The van der Waals surface area contributed by atoms with Crippen molar-refractivity contribution in [2.24, 2.45) is 0 Å². The van der Waals surface area contributed by atoms with Gasteiger partial charge in [0.25, 0.3) is 0 Å². The smallest absolute Gasteiger partial charge is 0.313 e. The van der Waals surface area contributed by atoms with Gasteiger partial charge in [-0.05, 0) is 55.2 Å². The second-order valence-corrected chi connectivity index (χ2v) is 9.45. The van der Waals surface area contributed by atoms with Crippen LogP contribution in [0.4, 0.5) is 5.69 Å². The van der Waals surface area contributed by atoms with E-state index in [9.17, 15) is 18.0 Å². The van der Waals surface area contributed by atoms with Gasteiger partial charge < -0.3 is 10.6 Å². The summed E-state index contributed by atoms with van der Waals surface area (Å²) in [5.74, 6) is -1.53. The second-order valence-electron chi connectivity index (χ2n) is 7.08. The van der Waals surface area contributed by atoms with E-state index in [0.29, 0.717) is 30.2 Å². The number of hydrogen-bond donors (Lipinski definition) is 2. The Kier molecular flexibility index (Phi) is 7.47. The van der Waals surface area contributed by atoms with Crippen LogP contribution in [0.25, 0.3) is 0 Å². The molecule has 2 N–H and O–H groups in total. The van der Waals surface area contributed by atoms with Crippen LogP contribution in [-0.2, 0) is 26.0 Å². The molecule has 0 atom stereocenters. The number of carbonyl (C=O) groups is 2. The lowest BCUT2D eigenvalue weighted by molar-refractivity contribution is -0.136. The predicted molar refractivity (Wildman–Crippen MR) is 116 cm³/mol. The second kappa shape index (κ2) is 10.1. The van der Waals surface area contributed by atoms with Crippen LogP contribution < -0.4 is 10.6 Å². The SMILES string of the molecule is O=C(NCCc1ccc(S(=O)(=O)N2CCCCC2)cc1)C(=O)Nc1cccc(Cl)c1. The Balaban J connectivity index is 1.49. The van der Waals surface area contributed by atoms with Crippen LogP contribution >= 0.6 is 11.6 Å². The minimum absolute atomic E-state index is 0.250. The fraction of sp³-hybridized carbons (Fsp3) is 0.333. The first-order chi connectivity index (χ1) is 14.4. The Morgan fingerprint density at radius 1 is 0.967 bits per heavy atom. The highest BCUT2D eigenvalue weighted by atomic mass is 35.5. The van der Waals surface area contributed by atoms with Crippen LogP contribution in [0.5, 0.6) is 0 Å². The van der Waals surface area contributed by atoms with E-state index in [4.69, 9.17) is 11.6 Å². The maximum Gasteiger partial charge on any atom is 0.313 e. The first kappa shape index (κ1) is 22.3. The monoisotopic (exact) mass is 449 g/mol. The molecule has 2 amide bonds. The Morgan fingerprint density at radius 3 is 2.33 bits per heavy atom. The van der Waals surface area contributed by atoms with Crippen LogP contribution in [0.3, 0.4) is 0 Å². The van der Waals surface area contributed by atoms with Gasteiger partial charge in [0.2, 0.25) is 10.0 Å². The van der Waals surface area contributed by atoms with Crippen molar-refractivity contribution in [2.75, 3.05) is 25.0 Å². The molecule has 0 saturated carbocycles. The lowest BCUT2D eigenvalue weighted by atomic mass is 10.1. The number of benzene rings is 2. The molecule has 1 aliphatic rings. The summed E-state index contributed by atoms with van der Waals surface area (Å²) < 4.78 is 26.9. The van der Waals surface area contributed by atoms with Gasteiger partial charge in [0.15, 0.2) is 0 Å². The molecule has 30 heavy (non-hydrogen) atoms. The molecule has 7 nitrogen and oxygen atoms in total. The van der Waals surface area contributed by atoms with Crippen molar-refractivity contribution in [2.45, 2.75) is 30.6 Å². The van der Waals surface area contributed by atoms with E-state index < -0.39 is 21.8 Å². The molecule has 0 radical (unpaired) electrons. The standard InChI is InChI=1S/C21H24ClN3O4S/c22-17-5-4-6-18(15-17)24-21(27)20(26)23-12-11-16-7-9-19(10-8-16)30(28,29)25-13-2-1-3-14-25/h4-10,15H,1-3,11-14H2,(H,23,26)(H,24,27). The number of piperidine rings is 1. The van der Waals surface area contributed by atoms with Crippen molar-refractivity contribution >= 4 is 39.1 Å². The average Bonchev–Trinajstić information content (AvgIpc) is 2.74. The van der Waals surface area contributed by atoms with Crippen molar-refractivity contribution < 1.29 is 18.0 Å². The summed E-state index contributed by atoms with van der Waals surface area (Å²) in [5.41, 5.74) is 1.30. The van der Waals surface area contributed by atoms with Crippen LogP contribution in [0.2, 0.25) is 5.02 Å². The maximum atomic E-state index is 12.7. The van der Waals surface area contributed by atoms with Crippen molar-refractivity contribution in [3.05, 3.63) is 59.1 Å². The lowest BCUT2D eigenvalue weighted by Gasteiger charge is -2.25. The maximum absolute atomic E-state index is 12.7. The minimum atomic E-state index is -3.46. The summed E-state index contributed by atoms with van der Waals surface area (Å²) in [6.45, 7) is 1.38. The molecule has 0 bridgehead atoms. The van der Waals surface area contributed by atoms with Crippen LogP contribution in [0.15, 0.2) is 53.4 Å². The molecule has 1 fully saturated rings. The largest absolute Gasteiger partial charge is 0.347 e. The third-order valence-electron chi connectivity index (χ3n) is 4.86. The Hall–Kier alpha value is -2.42. The molecule has 0 aliphatic carbocycles. The van der Waals surface area contributed by atoms with Crippen molar-refractivity contribution in [3.8, 4) is 0 Å². The summed E-state index contributed by atoms with van der Waals surface area (Å²) in [6, 6.07) is 13.2. The van der Waals surface area contributed by atoms with E-state index in [1.165, 1.54) is 4.31 Å². The lowest BCUT2D eigenvalue weighted by Crippen LogP contribution is -2.36. The number of amides is 2. The Bertz CT molecular complexity index is 1000. The first-order valence-electron chi connectivity index (χ1n) is 9.80. The van der Waals surface area contributed by atoms with Gasteiger partial charge in [-0.2, -0.15) is 4.31 Å². The molecule has 160 valence electrons. The summed E-state index contributed by atoms with van der Waals surface area (Å²) in [5, 5.41) is 5.49. The molecule has 9 heteroatoms. The van der Waals surface area contributed by atoms with Crippen LogP contribution in [-0.4, -0.2) is 44.2 Å². The third kappa shape index (κ3) is 5.81. The van der Waals surface area contributed by atoms with E-state index in [-0.39, 0.29) is 11.4 Å². The van der Waals surface area contributed by atoms with E-state index in [1.807, 2.05) is 0 Å². The molecule has 3 rings (SSSR count). The van der Waals surface area contributed by atoms with E-state index >= 15 is 0 Å². The molecule has 1 heterocycles. The zero-order valence-electron chi connectivity index (χ0n) is 16.4. The third-order valence-corrected chi connectivity index (χ3v) is 7.01. The Labute approximate surface area is 181 Å². The Morgan fingerprint density at radius 2 is 1.67 bits per heavy atom. The molecule has 2 aromatic carbocycles. The summed E-state index contributed by atoms with van der Waals surface area (Å²) >= 11 is 5.85. The number of hydrogen-bond acceptors (Lipinski definition) is 4. The normalized spacial score (nSPS) is 14.8. The first-order valence-corrected chi connectivity index (χ1v) is 11.6. The van der Waals surface area contributed by atoms with Gasteiger partial charge >= 0.3 is 11.8 Å². The van der Waals surface area contributed by atoms with Crippen molar-refractivity contribution in [3.63, 3.8) is 0 Å². The van der Waals surface area contributed by atoms with Gasteiger partial charge in [-0.25, -0.2) is 8.42 Å². The zero-order valence-corrected chi connectivity index (χ0v) is 18.0. The number of nitrogens with zero attached hydrogens (tertiary/aromatic N) is 1. The number of sulfonamides is 1. The van der Waals surface area contributed by atoms with Gasteiger partial charge in [-0.15, -0.1) is 0 Å². The highest BCUT2D eigenvalue weighted by Crippen LogP contribution is 2.21. The topological polar surface area (TPSA) is 95.6 Å². The van der Waals surface area contributed by atoms with Gasteiger partial charge in [0.05, 0.1) is 4.90 Å². The predicted octanol–water partition coefficient (Wildman–Crippen LogP) is 2.81. The van der Waals surface area contributed by atoms with Crippen LogP contribution in [0.1, 0.15) is 24.8 Å². The fourth-order valence-corrected chi connectivity index (χ4v) is 4.94. The number of halogens is 1. The van der Waals surface area contributed by atoms with Crippen molar-refractivity contribution in [1.82, 2.24) is 9.62 Å². The summed E-state index contributed by atoms with van der Waals surface area (Å²) in [6.07, 6.45) is 3.32. The molecule has 1 saturated heterocycles. The summed E-state index contributed by atoms with van der Waals surface area (Å²) in [7, 11) is -3.46. The fourth-order valence-electron chi connectivity index (χ4n) is 3.24. The molecule has 0 aromatic heterocycles. The number of nitrogens with one attached hydrogen (secondary N) is 2. The van der Waals surface area contributed by atoms with Gasteiger partial charge in [-0.1, -0.05) is 36.2 Å². The minimum Gasteiger partial charge on any atom is -0.347 e. The molecular formula is C21H24ClN3O4S. The van der Waals surface area contributed by atoms with E-state index in [1.54, 1.807) is 48.5 Å². The molecular weight excluding hydrogens is 426 g/mol. The molecule has 0 unspecified atom stereocenters. The van der Waals surface area contributed by atoms with Crippen LogP contribution in [0, 0.1) is 0 Å². The molecule has 2 aromatic rings. The summed E-state index contributed by atoms with van der Waals surface area (Å²) in [4.78, 5) is 24.2. The molecule has 0 spiro atoms. The number of rotatable bonds is 6. The van der Waals surface area contributed by atoms with E-state index in [0.717, 1.165) is 24.8 Å². The molecule has 1 aliphatic heterocycles. The highest BCUT2D eigenvalue weighted by molar-refractivity contribution is 7.89. The van der Waals surface area contributed by atoms with Gasteiger partial charge in [0.1, 0.15) is 0 Å². The average molecular weight is 450 g/mol. The number of carbonyl (C=O) groups excluding carboxylic acids is 2. The van der Waals surface area contributed by atoms with Crippen molar-refractivity contribution in [1.29, 1.82) is 0 Å². The highest BCUT2D eigenvalue weighted by Gasteiger charge is 2.25. The van der Waals surface area contributed by atoms with E-state index in [2.05, 4.69) is 10.6 Å². The zero-order chi connectivity index (χ0) is 21.6.